The van der Waals surface area contributed by atoms with Gasteiger partial charge in [0.25, 0.3) is 5.91 Å². The summed E-state index contributed by atoms with van der Waals surface area (Å²) >= 11 is 0. The Hall–Kier alpha value is -2.76. The highest BCUT2D eigenvalue weighted by Gasteiger charge is 2.30. The summed E-state index contributed by atoms with van der Waals surface area (Å²) in [5.41, 5.74) is 9.60. The van der Waals surface area contributed by atoms with Gasteiger partial charge in [0.05, 0.1) is 19.8 Å². The average molecular weight is 367 g/mol. The van der Waals surface area contributed by atoms with Crippen LogP contribution >= 0.6 is 0 Å². The summed E-state index contributed by atoms with van der Waals surface area (Å²) in [4.78, 5) is 19.0. The van der Waals surface area contributed by atoms with Crippen LogP contribution in [0, 0.1) is 0 Å². The number of nitrogens with zero attached hydrogens (tertiary/aromatic N) is 2. The molecule has 1 aromatic heterocycles. The van der Waals surface area contributed by atoms with Crippen molar-refractivity contribution in [1.29, 1.82) is 0 Å². The number of hydrogen-bond acceptors (Lipinski definition) is 5. The van der Waals surface area contributed by atoms with Gasteiger partial charge >= 0.3 is 0 Å². The minimum absolute atomic E-state index is 0.283. The topological polar surface area (TPSA) is 77.7 Å². The highest BCUT2D eigenvalue weighted by Crippen LogP contribution is 2.38. The summed E-state index contributed by atoms with van der Waals surface area (Å²) in [6.07, 6.45) is 4.00. The number of hydrogen-bond donors (Lipinski definition) is 1. The van der Waals surface area contributed by atoms with E-state index < -0.39 is 5.91 Å². The van der Waals surface area contributed by atoms with Gasteiger partial charge in [0.1, 0.15) is 17.3 Å². The van der Waals surface area contributed by atoms with Crippen LogP contribution in [0.1, 0.15) is 45.9 Å². The minimum Gasteiger partial charge on any atom is -0.497 e. The number of ether oxygens (including phenoxy) is 2. The Kier molecular flexibility index (Phi) is 4.64. The Labute approximate surface area is 159 Å². The summed E-state index contributed by atoms with van der Waals surface area (Å²) in [5.74, 6) is 2.28. The number of carbonyl (C=O) groups excluding carboxylic acids is 1. The molecule has 0 unspecified atom stereocenters. The van der Waals surface area contributed by atoms with E-state index in [2.05, 4.69) is 4.90 Å². The van der Waals surface area contributed by atoms with Crippen molar-refractivity contribution in [2.45, 2.75) is 31.6 Å². The molecule has 1 aromatic carbocycles. The lowest BCUT2D eigenvalue weighted by Crippen LogP contribution is -2.26. The summed E-state index contributed by atoms with van der Waals surface area (Å²) < 4.78 is 10.9. The van der Waals surface area contributed by atoms with Crippen molar-refractivity contribution in [2.24, 2.45) is 5.73 Å². The van der Waals surface area contributed by atoms with Gasteiger partial charge in [0, 0.05) is 30.3 Å². The van der Waals surface area contributed by atoms with Crippen LogP contribution in [0.5, 0.6) is 11.5 Å². The second kappa shape index (κ2) is 7.10. The standard InChI is InChI=1S/C21H25N3O3/c1-26-15-6-7-19(27-2)16(11-15)14-8-9-24(12-14)21-17(20(22)25)10-13-4-3-5-18(13)23-21/h6-7,10-11,14H,3-5,8-9,12H2,1-2H3,(H2,22,25)/t14-/m1/s1. The fourth-order valence-corrected chi connectivity index (χ4v) is 4.25. The predicted octanol–water partition coefficient (Wildman–Crippen LogP) is 2.68. The molecule has 1 fully saturated rings. The van der Waals surface area contributed by atoms with E-state index in [9.17, 15) is 4.79 Å². The van der Waals surface area contributed by atoms with Gasteiger partial charge in [-0.05, 0) is 55.5 Å². The van der Waals surface area contributed by atoms with Crippen LogP contribution in [-0.4, -0.2) is 38.2 Å². The number of fused-ring (bicyclic) bond motifs is 1. The van der Waals surface area contributed by atoms with E-state index in [-0.39, 0.29) is 5.92 Å². The molecule has 0 saturated carbocycles. The first kappa shape index (κ1) is 17.6. The zero-order valence-corrected chi connectivity index (χ0v) is 15.8. The molecule has 6 heteroatoms. The van der Waals surface area contributed by atoms with E-state index >= 15 is 0 Å². The lowest BCUT2D eigenvalue weighted by molar-refractivity contribution is 0.100. The van der Waals surface area contributed by atoms with E-state index in [1.165, 1.54) is 0 Å². The molecule has 1 saturated heterocycles. The highest BCUT2D eigenvalue weighted by atomic mass is 16.5. The van der Waals surface area contributed by atoms with Crippen LogP contribution < -0.4 is 20.1 Å². The smallest absolute Gasteiger partial charge is 0.252 e. The van der Waals surface area contributed by atoms with Crippen molar-refractivity contribution < 1.29 is 14.3 Å². The van der Waals surface area contributed by atoms with Crippen LogP contribution in [0.3, 0.4) is 0 Å². The fraction of sp³-hybridized carbons (Fsp3) is 0.429. The Morgan fingerprint density at radius 3 is 2.81 bits per heavy atom. The molecule has 1 amide bonds. The van der Waals surface area contributed by atoms with E-state index in [1.807, 2.05) is 24.3 Å². The predicted molar refractivity (Wildman–Crippen MR) is 104 cm³/mol. The molecule has 0 spiro atoms. The Morgan fingerprint density at radius 1 is 1.22 bits per heavy atom. The van der Waals surface area contributed by atoms with Gasteiger partial charge in [-0.2, -0.15) is 0 Å². The number of anilines is 1. The lowest BCUT2D eigenvalue weighted by atomic mass is 9.97. The summed E-state index contributed by atoms with van der Waals surface area (Å²) in [6, 6.07) is 7.84. The first-order chi connectivity index (χ1) is 13.1. The molecule has 1 atom stereocenters. The monoisotopic (exact) mass is 367 g/mol. The molecule has 6 nitrogen and oxygen atoms in total. The zero-order valence-electron chi connectivity index (χ0n) is 15.8. The number of benzene rings is 1. The summed E-state index contributed by atoms with van der Waals surface area (Å²) in [5, 5.41) is 0. The highest BCUT2D eigenvalue weighted by molar-refractivity contribution is 5.98. The Morgan fingerprint density at radius 2 is 2.07 bits per heavy atom. The van der Waals surface area contributed by atoms with E-state index in [4.69, 9.17) is 20.2 Å². The largest absolute Gasteiger partial charge is 0.497 e. The lowest BCUT2D eigenvalue weighted by Gasteiger charge is -2.22. The second-order valence-corrected chi connectivity index (χ2v) is 7.22. The molecule has 0 bridgehead atoms. The Bertz CT molecular complexity index is 881. The molecule has 2 aliphatic rings. The van der Waals surface area contributed by atoms with Crippen molar-refractivity contribution in [3.8, 4) is 11.5 Å². The van der Waals surface area contributed by atoms with Gasteiger partial charge in [0.15, 0.2) is 0 Å². The van der Waals surface area contributed by atoms with Crippen LogP contribution in [0.15, 0.2) is 24.3 Å². The summed E-state index contributed by atoms with van der Waals surface area (Å²) in [6.45, 7) is 1.60. The maximum atomic E-state index is 12.0. The first-order valence-corrected chi connectivity index (χ1v) is 9.40. The molecular formula is C21H25N3O3. The molecule has 2 heterocycles. The first-order valence-electron chi connectivity index (χ1n) is 9.40. The van der Waals surface area contributed by atoms with Crippen molar-refractivity contribution in [1.82, 2.24) is 4.98 Å². The van der Waals surface area contributed by atoms with Gasteiger partial charge in [-0.25, -0.2) is 4.98 Å². The number of nitrogens with two attached hydrogens (primary N) is 1. The zero-order chi connectivity index (χ0) is 19.0. The molecular weight excluding hydrogens is 342 g/mol. The number of aryl methyl sites for hydroxylation is 2. The number of methoxy groups -OCH3 is 2. The molecule has 1 aliphatic heterocycles. The molecule has 142 valence electrons. The number of primary amides is 1. The maximum absolute atomic E-state index is 12.0. The molecule has 2 aromatic rings. The van der Waals surface area contributed by atoms with Gasteiger partial charge in [-0.15, -0.1) is 0 Å². The van der Waals surface area contributed by atoms with Crippen molar-refractivity contribution >= 4 is 11.7 Å². The van der Waals surface area contributed by atoms with Crippen molar-refractivity contribution in [2.75, 3.05) is 32.2 Å². The Balaban J connectivity index is 1.65. The van der Waals surface area contributed by atoms with Crippen molar-refractivity contribution in [3.63, 3.8) is 0 Å². The summed E-state index contributed by atoms with van der Waals surface area (Å²) in [7, 11) is 3.35. The van der Waals surface area contributed by atoms with Gasteiger partial charge in [0.2, 0.25) is 0 Å². The van der Waals surface area contributed by atoms with Crippen LogP contribution in [0.2, 0.25) is 0 Å². The fourth-order valence-electron chi connectivity index (χ4n) is 4.25. The van der Waals surface area contributed by atoms with Gasteiger partial charge < -0.3 is 20.1 Å². The third-order valence-electron chi connectivity index (χ3n) is 5.66. The second-order valence-electron chi connectivity index (χ2n) is 7.22. The third-order valence-corrected chi connectivity index (χ3v) is 5.66. The maximum Gasteiger partial charge on any atom is 0.252 e. The van der Waals surface area contributed by atoms with Crippen LogP contribution in [0.4, 0.5) is 5.82 Å². The number of amides is 1. The average Bonchev–Trinajstić information content (AvgIpc) is 3.35. The number of pyridine rings is 1. The number of rotatable bonds is 5. The molecule has 1 aliphatic carbocycles. The molecule has 27 heavy (non-hydrogen) atoms. The quantitative estimate of drug-likeness (QED) is 0.879. The van der Waals surface area contributed by atoms with E-state index in [0.29, 0.717) is 5.56 Å². The van der Waals surface area contributed by atoms with Crippen LogP contribution in [0.25, 0.3) is 0 Å². The molecule has 4 rings (SSSR count). The number of aromatic nitrogens is 1. The van der Waals surface area contributed by atoms with E-state index in [0.717, 1.165) is 72.9 Å². The minimum atomic E-state index is -0.408. The SMILES string of the molecule is COc1ccc(OC)c([C@@H]2CCN(c3nc4c(cc3C(N)=O)CCC4)C2)c1. The normalized spacial score (nSPS) is 18.4. The van der Waals surface area contributed by atoms with E-state index in [1.54, 1.807) is 14.2 Å². The van der Waals surface area contributed by atoms with Gasteiger partial charge in [-0.3, -0.25) is 4.79 Å². The van der Waals surface area contributed by atoms with Gasteiger partial charge in [-0.1, -0.05) is 0 Å². The van der Waals surface area contributed by atoms with Crippen LogP contribution in [-0.2, 0) is 12.8 Å². The molecule has 2 N–H and O–H groups in total. The van der Waals surface area contributed by atoms with Crippen molar-refractivity contribution in [3.05, 3.63) is 46.6 Å². The third kappa shape index (κ3) is 3.20. The number of carbonyl (C=O) groups is 1. The molecule has 0 radical (unpaired) electrons.